The number of ether oxygens (including phenoxy) is 2. The SMILES string of the molecule is C(#Cc1ccc(-c2ccc(C#Cc3ccc4c5c(ccc4c3)OC(c3ccccc3)(c3ccccc3)C=C5)s2)s1)c1ccc2c3c(ccc2c1)CC(c1ccccc1)(c1ccccc1)C=C3.CC(C)(O)C#Cc1ccc2c3c(ccc2c1)OC(c1ccccc1)(c1ccccc1)C=C3.Ic1ccc(-c2ccc(I)s2)s1. The van der Waals surface area contributed by atoms with Crippen molar-refractivity contribution in [2.24, 2.45) is 0 Å². The van der Waals surface area contributed by atoms with Crippen LogP contribution in [0.1, 0.15) is 95.9 Å². The van der Waals surface area contributed by atoms with Gasteiger partial charge >= 0.3 is 0 Å². The zero-order valence-corrected chi connectivity index (χ0v) is 67.5. The van der Waals surface area contributed by atoms with Gasteiger partial charge in [-0.1, -0.05) is 272 Å². The third-order valence-electron chi connectivity index (χ3n) is 20.1. The van der Waals surface area contributed by atoms with Crippen LogP contribution in [0, 0.1) is 41.3 Å². The van der Waals surface area contributed by atoms with Gasteiger partial charge in [-0.3, -0.25) is 0 Å². The minimum absolute atomic E-state index is 0.205. The van der Waals surface area contributed by atoms with Crippen molar-refractivity contribution in [3.05, 3.63) is 428 Å². The van der Waals surface area contributed by atoms with E-state index in [1.807, 2.05) is 83.3 Å². The van der Waals surface area contributed by atoms with Crippen LogP contribution in [0.2, 0.25) is 0 Å². The Morgan fingerprint density at radius 2 is 0.682 bits per heavy atom. The van der Waals surface area contributed by atoms with E-state index in [9.17, 15) is 5.11 Å². The van der Waals surface area contributed by atoms with Crippen LogP contribution in [0.15, 0.2) is 340 Å². The molecule has 528 valence electrons. The predicted octanol–water partition coefficient (Wildman–Crippen LogP) is 26.5. The number of halogens is 2. The molecule has 110 heavy (non-hydrogen) atoms. The Hall–Kier alpha value is -10.9. The van der Waals surface area contributed by atoms with Gasteiger partial charge < -0.3 is 14.6 Å². The quantitative estimate of drug-likeness (QED) is 0.122. The zero-order chi connectivity index (χ0) is 74.7. The monoisotopic (exact) mass is 1710 g/mol. The van der Waals surface area contributed by atoms with Crippen LogP contribution in [0.4, 0.5) is 0 Å². The Bertz CT molecular complexity index is 6000. The van der Waals surface area contributed by atoms with E-state index in [0.29, 0.717) is 0 Å². The van der Waals surface area contributed by atoms with E-state index in [1.165, 1.54) is 58.3 Å². The number of allylic oxidation sites excluding steroid dienone is 1. The van der Waals surface area contributed by atoms with Gasteiger partial charge in [0.05, 0.1) is 15.5 Å². The summed E-state index contributed by atoms with van der Waals surface area (Å²) < 4.78 is 16.4. The van der Waals surface area contributed by atoms with Crippen LogP contribution in [-0.2, 0) is 23.0 Å². The topological polar surface area (TPSA) is 38.7 Å². The molecule has 0 radical (unpaired) electrons. The van der Waals surface area contributed by atoms with Crippen molar-refractivity contribution >= 4 is 141 Å². The van der Waals surface area contributed by atoms with Gasteiger partial charge in [-0.15, -0.1) is 45.3 Å². The van der Waals surface area contributed by atoms with Crippen molar-refractivity contribution in [1.29, 1.82) is 0 Å². The lowest BCUT2D eigenvalue weighted by molar-refractivity contribution is 0.143. The standard InChI is InChI=1S/C63H40OS2.C30H24O2.C8H4I2S2/c1-5-13-49(14-6-1)62(50-15-7-2-8-16-50)39-37-57-48(43-62)26-25-46-41-44(23-32-55(46)57)21-28-53-30-35-60(65-53)61-36-31-54(66-61)29-22-45-24-33-56-47(42-45)27-34-59-58(56)38-40-63(64-59,51-17-9-3-10-18-51)52-19-11-4-12-20-52;1-29(2,31)19-17-22-13-15-26-23(21-22)14-16-28-27(26)18-20-30(32-28,24-9-5-3-6-10-24)25-11-7-4-8-12-25;9-7-3-1-5(11-7)6-2-4-8(10)12-6/h1-20,23-27,30-42H,43H2;3-16,18,20-21,31H,1-2H3;1-4H. The summed E-state index contributed by atoms with van der Waals surface area (Å²) >= 11 is 11.8. The molecule has 0 amide bonds. The molecule has 0 spiro atoms. The van der Waals surface area contributed by atoms with Gasteiger partial charge in [-0.2, -0.15) is 0 Å². The van der Waals surface area contributed by atoms with Crippen LogP contribution in [0.5, 0.6) is 11.5 Å². The van der Waals surface area contributed by atoms with Gasteiger partial charge in [0.2, 0.25) is 0 Å². The summed E-state index contributed by atoms with van der Waals surface area (Å²) in [6.07, 6.45) is 14.4. The fraction of sp³-hybridized carbons (Fsp3) is 0.0693. The number of hydrogen-bond acceptors (Lipinski definition) is 7. The van der Waals surface area contributed by atoms with E-state index >= 15 is 0 Å². The summed E-state index contributed by atoms with van der Waals surface area (Å²) in [7, 11) is 0. The molecule has 0 atom stereocenters. The molecule has 1 N–H and O–H groups in total. The molecule has 0 unspecified atom stereocenters. The van der Waals surface area contributed by atoms with Crippen LogP contribution in [0.3, 0.4) is 0 Å². The Morgan fingerprint density at radius 1 is 0.336 bits per heavy atom. The third kappa shape index (κ3) is 15.1. The molecule has 0 bridgehead atoms. The maximum Gasteiger partial charge on any atom is 0.178 e. The number of aliphatic hydroxyl groups is 1. The first kappa shape index (κ1) is 72.0. The van der Waals surface area contributed by atoms with E-state index in [2.05, 4.69) is 378 Å². The van der Waals surface area contributed by atoms with Gasteiger partial charge in [0.15, 0.2) is 11.2 Å². The van der Waals surface area contributed by atoms with E-state index < -0.39 is 16.8 Å². The van der Waals surface area contributed by atoms with E-state index in [0.717, 1.165) is 99.3 Å². The Balaban J connectivity index is 0.000000164. The lowest BCUT2D eigenvalue weighted by atomic mass is 9.67. The fourth-order valence-corrected chi connectivity index (χ4v) is 19.9. The second-order valence-electron chi connectivity index (χ2n) is 27.8. The first-order valence-electron chi connectivity index (χ1n) is 36.3. The van der Waals surface area contributed by atoms with Gasteiger partial charge in [0.25, 0.3) is 0 Å². The second-order valence-corrected chi connectivity index (χ2v) is 35.9. The summed E-state index contributed by atoms with van der Waals surface area (Å²) in [5.41, 5.74) is 12.1. The number of thiophene rings is 4. The molecule has 9 heteroatoms. The normalized spacial score (nSPS) is 13.7. The number of hydrogen-bond donors (Lipinski definition) is 1. The molecular weight excluding hydrogens is 1640 g/mol. The van der Waals surface area contributed by atoms with Crippen molar-refractivity contribution in [2.75, 3.05) is 0 Å². The largest absolute Gasteiger partial charge is 0.473 e. The van der Waals surface area contributed by atoms with E-state index in [1.54, 1.807) is 36.5 Å². The van der Waals surface area contributed by atoms with Crippen LogP contribution in [-0.4, -0.2) is 10.7 Å². The Morgan fingerprint density at radius 3 is 1.06 bits per heavy atom. The van der Waals surface area contributed by atoms with Crippen LogP contribution in [0.25, 0.3) is 70.1 Å². The van der Waals surface area contributed by atoms with Crippen molar-refractivity contribution < 1.29 is 14.6 Å². The lowest BCUT2D eigenvalue weighted by Gasteiger charge is -2.36. The molecular formula is C101H68I2O3S4. The molecule has 0 saturated carbocycles. The highest BCUT2D eigenvalue weighted by atomic mass is 127. The van der Waals surface area contributed by atoms with Gasteiger partial charge in [0, 0.05) is 75.0 Å². The molecule has 0 saturated heterocycles. The lowest BCUT2D eigenvalue weighted by Crippen LogP contribution is -2.34. The predicted molar refractivity (Wildman–Crippen MR) is 481 cm³/mol. The molecule has 3 nitrogen and oxygen atoms in total. The molecule has 12 aromatic carbocycles. The molecule has 6 heterocycles. The smallest absolute Gasteiger partial charge is 0.178 e. The van der Waals surface area contributed by atoms with Gasteiger partial charge in [-0.05, 0) is 241 Å². The van der Waals surface area contributed by atoms with Crippen molar-refractivity contribution in [3.63, 3.8) is 0 Å². The third-order valence-corrected chi connectivity index (χ3v) is 26.3. The van der Waals surface area contributed by atoms with Crippen LogP contribution >= 0.6 is 90.5 Å². The van der Waals surface area contributed by atoms with Crippen molar-refractivity contribution in [3.8, 4) is 66.5 Å². The average molecular weight is 1710 g/mol. The molecule has 3 aliphatic rings. The van der Waals surface area contributed by atoms with Gasteiger partial charge in [-0.25, -0.2) is 0 Å². The maximum absolute atomic E-state index is 9.89. The first-order chi connectivity index (χ1) is 53.8. The fourth-order valence-electron chi connectivity index (χ4n) is 14.8. The molecule has 4 aromatic heterocycles. The second kappa shape index (κ2) is 31.3. The summed E-state index contributed by atoms with van der Waals surface area (Å²) in [6.45, 7) is 3.37. The summed E-state index contributed by atoms with van der Waals surface area (Å²) in [6, 6.07) is 113. The van der Waals surface area contributed by atoms with Crippen molar-refractivity contribution in [2.45, 2.75) is 42.5 Å². The number of benzene rings is 12. The van der Waals surface area contributed by atoms with E-state index in [-0.39, 0.29) is 5.41 Å². The maximum atomic E-state index is 9.89. The number of fused-ring (bicyclic) bond motifs is 9. The summed E-state index contributed by atoms with van der Waals surface area (Å²) in [5.74, 6) is 21.4. The Kier molecular flexibility index (Phi) is 20.5. The highest BCUT2D eigenvalue weighted by molar-refractivity contribution is 14.1. The van der Waals surface area contributed by atoms with Crippen LogP contribution < -0.4 is 9.47 Å². The summed E-state index contributed by atoms with van der Waals surface area (Å²) in [4.78, 5) is 7.24. The minimum Gasteiger partial charge on any atom is -0.473 e. The van der Waals surface area contributed by atoms with Gasteiger partial charge in [0.1, 0.15) is 17.1 Å². The van der Waals surface area contributed by atoms with Crippen molar-refractivity contribution in [1.82, 2.24) is 0 Å². The molecule has 0 fully saturated rings. The van der Waals surface area contributed by atoms with E-state index in [4.69, 9.17) is 9.47 Å². The minimum atomic E-state index is -1.01. The average Bonchev–Trinajstić information content (AvgIpc) is 0.967. The molecule has 19 rings (SSSR count). The molecule has 16 aromatic rings. The molecule has 2 aliphatic heterocycles. The zero-order valence-electron chi connectivity index (χ0n) is 59.9. The molecule has 1 aliphatic carbocycles. The first-order valence-corrected chi connectivity index (χ1v) is 41.7. The Labute approximate surface area is 685 Å². The highest BCUT2D eigenvalue weighted by Gasteiger charge is 2.40. The highest BCUT2D eigenvalue weighted by Crippen LogP contribution is 2.48. The summed E-state index contributed by atoms with van der Waals surface area (Å²) in [5, 5.41) is 16.8. The number of rotatable bonds is 8.